The lowest BCUT2D eigenvalue weighted by molar-refractivity contribution is -0.153. The largest absolute Gasteiger partial charge is 0.467 e. The van der Waals surface area contributed by atoms with Gasteiger partial charge in [-0.15, -0.1) is 4.99 Å². The second kappa shape index (κ2) is 17.2. The number of sulfonamides is 1. The molecule has 0 unspecified atom stereocenters. The van der Waals surface area contributed by atoms with Crippen molar-refractivity contribution in [3.63, 3.8) is 0 Å². The Kier molecular flexibility index (Phi) is 13.5. The van der Waals surface area contributed by atoms with E-state index in [2.05, 4.69) is 20.3 Å². The molecule has 3 N–H and O–H groups in total. The van der Waals surface area contributed by atoms with Crippen LogP contribution in [-0.2, 0) is 46.7 Å². The molecule has 0 saturated carbocycles. The number of aliphatic imine (C=N–C) groups is 1. The normalized spacial score (nSPS) is 19.2. The number of carbonyl (C=O) groups is 4. The molecule has 3 aliphatic rings. The predicted octanol–water partition coefficient (Wildman–Crippen LogP) is 3.58. The first-order chi connectivity index (χ1) is 24.7. The summed E-state index contributed by atoms with van der Waals surface area (Å²) in [6, 6.07) is 2.74. The van der Waals surface area contributed by atoms with Gasteiger partial charge in [-0.2, -0.15) is 4.72 Å². The Morgan fingerprint density at radius 2 is 1.68 bits per heavy atom. The van der Waals surface area contributed by atoms with Gasteiger partial charge in [0.25, 0.3) is 0 Å². The zero-order valence-electron chi connectivity index (χ0n) is 32.0. The van der Waals surface area contributed by atoms with Gasteiger partial charge in [0.2, 0.25) is 21.9 Å². The summed E-state index contributed by atoms with van der Waals surface area (Å²) >= 11 is 0. The van der Waals surface area contributed by atoms with E-state index in [0.29, 0.717) is 31.5 Å². The van der Waals surface area contributed by atoms with Crippen LogP contribution in [0.2, 0.25) is 0 Å². The number of nitrogens with zero attached hydrogens (tertiary/aromatic N) is 3. The summed E-state index contributed by atoms with van der Waals surface area (Å²) < 4.78 is 46.6. The maximum Gasteiger partial charge on any atom is 0.437 e. The van der Waals surface area contributed by atoms with Gasteiger partial charge in [-0.25, -0.2) is 22.8 Å². The van der Waals surface area contributed by atoms with Gasteiger partial charge in [0, 0.05) is 19.6 Å². The Bertz CT molecular complexity index is 1760. The van der Waals surface area contributed by atoms with Gasteiger partial charge in [0.05, 0.1) is 12.0 Å². The van der Waals surface area contributed by atoms with Gasteiger partial charge >= 0.3 is 18.2 Å². The van der Waals surface area contributed by atoms with Crippen molar-refractivity contribution in [3.05, 3.63) is 52.6 Å². The number of hydrogen-bond donors (Lipinski definition) is 3. The summed E-state index contributed by atoms with van der Waals surface area (Å²) in [6.45, 7) is 14.0. The number of carbonyl (C=O) groups excluding carboxylic acids is 4. The van der Waals surface area contributed by atoms with Gasteiger partial charge in [0.1, 0.15) is 23.3 Å². The molecule has 0 aliphatic carbocycles. The zero-order valence-corrected chi connectivity index (χ0v) is 32.9. The van der Waals surface area contributed by atoms with Crippen molar-refractivity contribution in [1.82, 2.24) is 25.2 Å². The van der Waals surface area contributed by atoms with Crippen LogP contribution in [0.5, 0.6) is 0 Å². The number of amides is 3. The number of nitrogens with one attached hydrogen (secondary N) is 3. The third-order valence-corrected chi connectivity index (χ3v) is 10.2. The number of hydrogen-bond acceptors (Lipinski definition) is 10. The fraction of sp³-hybridized carbons (Fsp3) is 0.595. The van der Waals surface area contributed by atoms with E-state index < -0.39 is 57.4 Å². The van der Waals surface area contributed by atoms with E-state index in [1.54, 1.807) is 58.6 Å². The molecule has 1 aromatic carbocycles. The highest BCUT2D eigenvalue weighted by Crippen LogP contribution is 2.25. The second-order valence-corrected chi connectivity index (χ2v) is 17.2. The van der Waals surface area contributed by atoms with E-state index in [-0.39, 0.29) is 36.8 Å². The Morgan fingerprint density at radius 3 is 2.34 bits per heavy atom. The number of guanidine groups is 1. The number of ether oxygens (including phenoxy) is 3. The third-order valence-electron chi connectivity index (χ3n) is 8.71. The highest BCUT2D eigenvalue weighted by Gasteiger charge is 2.38. The number of methoxy groups -OCH3 is 1. The zero-order chi connectivity index (χ0) is 39.1. The minimum atomic E-state index is -4.24. The SMILES string of the molecule is COC(=O)[C@H]1CC(C)=CCN1C(=O)[C@H](CC1=CCCN(C(=NC(=O)OC(C)(C)C)NC(=O)OC(C)(C)C)C1)NS(=O)(=O)c1ccc2c(c1)CCNCC2. The molecule has 3 aliphatic heterocycles. The molecule has 16 heteroatoms. The van der Waals surface area contributed by atoms with Gasteiger partial charge in [0.15, 0.2) is 0 Å². The van der Waals surface area contributed by atoms with Crippen molar-refractivity contribution >= 4 is 40.0 Å². The van der Waals surface area contributed by atoms with E-state index >= 15 is 0 Å². The van der Waals surface area contributed by atoms with Crippen molar-refractivity contribution in [2.45, 2.75) is 109 Å². The topological polar surface area (TPSA) is 185 Å². The van der Waals surface area contributed by atoms with Crippen LogP contribution in [-0.4, -0.2) is 111 Å². The van der Waals surface area contributed by atoms with Gasteiger partial charge in [-0.1, -0.05) is 29.4 Å². The maximum absolute atomic E-state index is 14.4. The van der Waals surface area contributed by atoms with Gasteiger partial charge in [-0.05, 0) is 117 Å². The first-order valence-corrected chi connectivity index (χ1v) is 19.4. The number of benzene rings is 1. The van der Waals surface area contributed by atoms with Crippen LogP contribution in [0.1, 0.15) is 78.9 Å². The minimum Gasteiger partial charge on any atom is -0.467 e. The van der Waals surface area contributed by atoms with E-state index in [1.807, 2.05) is 25.1 Å². The summed E-state index contributed by atoms with van der Waals surface area (Å²) in [5.74, 6) is -1.32. The molecule has 15 nitrogen and oxygen atoms in total. The molecule has 3 heterocycles. The summed E-state index contributed by atoms with van der Waals surface area (Å²) in [7, 11) is -2.99. The number of alkyl carbamates (subject to hydrolysis) is 1. The standard InChI is InChI=1S/C37H54N6O9S/c1-24-15-19-43(30(20-24)32(45)50-8)31(44)29(41-53(48,49)28-12-11-26-13-16-38-17-14-27(26)22-28)21-25-10-9-18-42(23-25)33(39-34(46)51-36(2,3)4)40-35(47)52-37(5,6)7/h10-12,15,22,29-30,38,41H,9,13-14,16-21,23H2,1-8H3,(H,39,40,46,47)/t29-,30+/m0/s1. The van der Waals surface area contributed by atoms with Crippen LogP contribution >= 0.6 is 0 Å². The summed E-state index contributed by atoms with van der Waals surface area (Å²) in [5.41, 5.74) is 1.83. The Balaban J connectivity index is 1.66. The van der Waals surface area contributed by atoms with Crippen molar-refractivity contribution in [2.75, 3.05) is 39.8 Å². The Labute approximate surface area is 312 Å². The molecule has 0 aromatic heterocycles. The van der Waals surface area contributed by atoms with E-state index in [4.69, 9.17) is 14.2 Å². The van der Waals surface area contributed by atoms with Crippen LogP contribution < -0.4 is 15.4 Å². The Hall–Kier alpha value is -4.28. The molecular weight excluding hydrogens is 705 g/mol. The summed E-state index contributed by atoms with van der Waals surface area (Å²) in [5, 5.41) is 5.89. The van der Waals surface area contributed by atoms with Gasteiger partial charge in [-0.3, -0.25) is 10.1 Å². The number of esters is 1. The highest BCUT2D eigenvalue weighted by atomic mass is 32.2. The molecule has 53 heavy (non-hydrogen) atoms. The molecule has 0 fully saturated rings. The molecule has 0 radical (unpaired) electrons. The minimum absolute atomic E-state index is 0.0300. The van der Waals surface area contributed by atoms with Crippen molar-refractivity contribution in [3.8, 4) is 0 Å². The average molecular weight is 759 g/mol. The molecule has 2 atom stereocenters. The molecule has 0 saturated heterocycles. The second-order valence-electron chi connectivity index (χ2n) is 15.5. The number of rotatable bonds is 7. The van der Waals surface area contributed by atoms with E-state index in [9.17, 15) is 27.6 Å². The van der Waals surface area contributed by atoms with Crippen LogP contribution in [0, 0.1) is 0 Å². The van der Waals surface area contributed by atoms with Crippen molar-refractivity contribution in [1.29, 1.82) is 0 Å². The van der Waals surface area contributed by atoms with Crippen LogP contribution in [0.3, 0.4) is 0 Å². The predicted molar refractivity (Wildman–Crippen MR) is 199 cm³/mol. The van der Waals surface area contributed by atoms with Crippen LogP contribution in [0.15, 0.2) is 51.4 Å². The lowest BCUT2D eigenvalue weighted by atomic mass is 9.97. The number of fused-ring (bicyclic) bond motifs is 1. The Morgan fingerprint density at radius 1 is 1.00 bits per heavy atom. The molecule has 1 aromatic rings. The quantitative estimate of drug-likeness (QED) is 0.121. The van der Waals surface area contributed by atoms with Gasteiger partial charge < -0.3 is 29.3 Å². The summed E-state index contributed by atoms with van der Waals surface area (Å²) in [4.78, 5) is 60.0. The fourth-order valence-electron chi connectivity index (χ4n) is 6.27. The molecule has 4 rings (SSSR count). The lowest BCUT2D eigenvalue weighted by Crippen LogP contribution is -2.55. The highest BCUT2D eigenvalue weighted by molar-refractivity contribution is 7.89. The molecule has 292 valence electrons. The van der Waals surface area contributed by atoms with E-state index in [1.165, 1.54) is 12.0 Å². The molecule has 0 spiro atoms. The van der Waals surface area contributed by atoms with Crippen molar-refractivity contribution < 1.29 is 41.8 Å². The molecule has 3 amide bonds. The monoisotopic (exact) mass is 758 g/mol. The van der Waals surface area contributed by atoms with Crippen LogP contribution in [0.4, 0.5) is 9.59 Å². The van der Waals surface area contributed by atoms with E-state index in [0.717, 1.165) is 29.7 Å². The first-order valence-electron chi connectivity index (χ1n) is 17.9. The lowest BCUT2D eigenvalue weighted by Gasteiger charge is -2.36. The first kappa shape index (κ1) is 41.5. The molecular formula is C37H54N6O9S. The summed E-state index contributed by atoms with van der Waals surface area (Å²) in [6.07, 6.45) is 3.96. The smallest absolute Gasteiger partial charge is 0.437 e. The average Bonchev–Trinajstić information content (AvgIpc) is 3.30. The fourth-order valence-corrected chi connectivity index (χ4v) is 7.51. The molecule has 0 bridgehead atoms. The maximum atomic E-state index is 14.4. The third kappa shape index (κ3) is 12.1. The van der Waals surface area contributed by atoms with Crippen molar-refractivity contribution in [2.24, 2.45) is 4.99 Å². The van der Waals surface area contributed by atoms with Crippen LogP contribution in [0.25, 0.3) is 0 Å².